The Bertz CT molecular complexity index is 669. The highest BCUT2D eigenvalue weighted by Gasteiger charge is 2.09. The van der Waals surface area contributed by atoms with Crippen LogP contribution in [0.5, 0.6) is 0 Å². The Morgan fingerprint density at radius 1 is 1.00 bits per heavy atom. The molecule has 21 heavy (non-hydrogen) atoms. The van der Waals surface area contributed by atoms with Crippen molar-refractivity contribution < 1.29 is 14.0 Å². The predicted octanol–water partition coefficient (Wildman–Crippen LogP) is 1.64. The van der Waals surface area contributed by atoms with Gasteiger partial charge in [0.25, 0.3) is 0 Å². The second kappa shape index (κ2) is 6.04. The highest BCUT2D eigenvalue weighted by molar-refractivity contribution is 5.99. The molecule has 2 rings (SSSR count). The van der Waals surface area contributed by atoms with Crippen LogP contribution in [0.1, 0.15) is 26.3 Å². The minimum Gasteiger partial charge on any atom is -0.381 e. The third kappa shape index (κ3) is 3.56. The lowest BCUT2D eigenvalue weighted by Gasteiger charge is -2.10. The first-order valence-electron chi connectivity index (χ1n) is 6.19. The second-order valence-corrected chi connectivity index (χ2v) is 4.47. The fourth-order valence-corrected chi connectivity index (χ4v) is 1.85. The molecule has 0 aliphatic heterocycles. The lowest BCUT2D eigenvalue weighted by molar-refractivity contribution is 0.0999. The van der Waals surface area contributed by atoms with E-state index in [9.17, 15) is 14.0 Å². The Kier molecular flexibility index (Phi) is 4.18. The molecule has 0 bridgehead atoms. The molecule has 0 radical (unpaired) electrons. The molecule has 5 nitrogen and oxygen atoms in total. The minimum atomic E-state index is -0.674. The van der Waals surface area contributed by atoms with Gasteiger partial charge in [-0.05, 0) is 24.3 Å². The summed E-state index contributed by atoms with van der Waals surface area (Å²) < 4.78 is 13.5. The topological polar surface area (TPSA) is 98.2 Å². The maximum atomic E-state index is 13.5. The summed E-state index contributed by atoms with van der Waals surface area (Å²) in [6.07, 6.45) is 0. The molecule has 0 aliphatic rings. The third-order valence-corrected chi connectivity index (χ3v) is 2.94. The van der Waals surface area contributed by atoms with E-state index in [0.29, 0.717) is 11.3 Å². The van der Waals surface area contributed by atoms with Crippen molar-refractivity contribution in [3.63, 3.8) is 0 Å². The number of benzene rings is 2. The number of anilines is 1. The zero-order valence-electron chi connectivity index (χ0n) is 11.1. The lowest BCUT2D eigenvalue weighted by atomic mass is 10.1. The average Bonchev–Trinajstić information content (AvgIpc) is 2.46. The zero-order chi connectivity index (χ0) is 15.4. The summed E-state index contributed by atoms with van der Waals surface area (Å²) in [5.41, 5.74) is 11.6. The van der Waals surface area contributed by atoms with E-state index in [0.717, 1.165) is 0 Å². The first-order chi connectivity index (χ1) is 9.97. The number of nitrogens with two attached hydrogens (primary N) is 2. The number of hydrogen-bond donors (Lipinski definition) is 3. The van der Waals surface area contributed by atoms with Gasteiger partial charge in [0.05, 0.1) is 0 Å². The van der Waals surface area contributed by atoms with E-state index in [1.807, 2.05) is 0 Å². The molecule has 6 heteroatoms. The maximum absolute atomic E-state index is 13.5. The van der Waals surface area contributed by atoms with Crippen LogP contribution in [0.3, 0.4) is 0 Å². The van der Waals surface area contributed by atoms with Crippen molar-refractivity contribution in [3.8, 4) is 0 Å². The van der Waals surface area contributed by atoms with Crippen LogP contribution in [0.4, 0.5) is 10.1 Å². The van der Waals surface area contributed by atoms with Gasteiger partial charge in [0, 0.05) is 28.9 Å². The van der Waals surface area contributed by atoms with E-state index in [4.69, 9.17) is 11.5 Å². The number of amides is 2. The van der Waals surface area contributed by atoms with Crippen LogP contribution >= 0.6 is 0 Å². The fourth-order valence-electron chi connectivity index (χ4n) is 1.85. The van der Waals surface area contributed by atoms with E-state index in [1.165, 1.54) is 24.3 Å². The van der Waals surface area contributed by atoms with Crippen LogP contribution < -0.4 is 16.8 Å². The highest BCUT2D eigenvalue weighted by atomic mass is 19.1. The summed E-state index contributed by atoms with van der Waals surface area (Å²) in [5, 5.41) is 2.94. The summed E-state index contributed by atoms with van der Waals surface area (Å²) in [4.78, 5) is 22.5. The zero-order valence-corrected chi connectivity index (χ0v) is 11.1. The third-order valence-electron chi connectivity index (χ3n) is 2.94. The van der Waals surface area contributed by atoms with Gasteiger partial charge in [-0.1, -0.05) is 18.2 Å². The number of primary amides is 2. The molecular formula is C15H14FN3O2. The molecule has 0 atom stereocenters. The quantitative estimate of drug-likeness (QED) is 0.779. The number of rotatable bonds is 5. The summed E-state index contributed by atoms with van der Waals surface area (Å²) >= 11 is 0. The summed E-state index contributed by atoms with van der Waals surface area (Å²) in [6, 6.07) is 10.6. The molecule has 0 saturated carbocycles. The van der Waals surface area contributed by atoms with Gasteiger partial charge in [0.15, 0.2) is 0 Å². The summed E-state index contributed by atoms with van der Waals surface area (Å²) in [5.74, 6) is -1.69. The molecule has 0 aliphatic carbocycles. The van der Waals surface area contributed by atoms with E-state index in [1.54, 1.807) is 18.2 Å². The molecule has 0 unspecified atom stereocenters. The van der Waals surface area contributed by atoms with Crippen molar-refractivity contribution in [2.24, 2.45) is 11.5 Å². The highest BCUT2D eigenvalue weighted by Crippen LogP contribution is 2.16. The Labute approximate surface area is 120 Å². The number of carbonyl (C=O) groups is 2. The Morgan fingerprint density at radius 2 is 1.57 bits per heavy atom. The van der Waals surface area contributed by atoms with Gasteiger partial charge in [-0.3, -0.25) is 9.59 Å². The molecule has 0 spiro atoms. The Morgan fingerprint density at radius 3 is 2.10 bits per heavy atom. The number of carbonyl (C=O) groups excluding carboxylic acids is 2. The van der Waals surface area contributed by atoms with Crippen molar-refractivity contribution in [3.05, 3.63) is 65.0 Å². The van der Waals surface area contributed by atoms with Crippen molar-refractivity contribution in [2.75, 3.05) is 5.32 Å². The molecule has 108 valence electrons. The van der Waals surface area contributed by atoms with Crippen molar-refractivity contribution in [1.82, 2.24) is 0 Å². The van der Waals surface area contributed by atoms with Gasteiger partial charge in [-0.15, -0.1) is 0 Å². The SMILES string of the molecule is NC(=O)c1cc(NCc2ccccc2F)cc(C(N)=O)c1. The van der Waals surface area contributed by atoms with Crippen molar-refractivity contribution in [1.29, 1.82) is 0 Å². The molecule has 5 N–H and O–H groups in total. The van der Waals surface area contributed by atoms with Gasteiger partial charge in [-0.25, -0.2) is 4.39 Å². The van der Waals surface area contributed by atoms with Crippen molar-refractivity contribution in [2.45, 2.75) is 6.54 Å². The monoisotopic (exact) mass is 287 g/mol. The van der Waals surface area contributed by atoms with E-state index in [2.05, 4.69) is 5.32 Å². The van der Waals surface area contributed by atoms with E-state index in [-0.39, 0.29) is 23.5 Å². The molecule has 0 saturated heterocycles. The fraction of sp³-hybridized carbons (Fsp3) is 0.0667. The van der Waals surface area contributed by atoms with Crippen LogP contribution in [-0.4, -0.2) is 11.8 Å². The maximum Gasteiger partial charge on any atom is 0.248 e. The van der Waals surface area contributed by atoms with Crippen LogP contribution in [0.15, 0.2) is 42.5 Å². The normalized spacial score (nSPS) is 10.1. The minimum absolute atomic E-state index is 0.155. The van der Waals surface area contributed by atoms with Gasteiger partial charge >= 0.3 is 0 Å². The van der Waals surface area contributed by atoms with Gasteiger partial charge in [0.1, 0.15) is 5.82 Å². The average molecular weight is 287 g/mol. The number of nitrogens with one attached hydrogen (secondary N) is 1. The van der Waals surface area contributed by atoms with Gasteiger partial charge < -0.3 is 16.8 Å². The van der Waals surface area contributed by atoms with E-state index < -0.39 is 11.8 Å². The largest absolute Gasteiger partial charge is 0.381 e. The van der Waals surface area contributed by atoms with Crippen LogP contribution in [-0.2, 0) is 6.54 Å². The number of halogens is 1. The first kappa shape index (κ1) is 14.5. The van der Waals surface area contributed by atoms with Gasteiger partial charge in [0.2, 0.25) is 11.8 Å². The summed E-state index contributed by atoms with van der Waals surface area (Å²) in [7, 11) is 0. The van der Waals surface area contributed by atoms with Gasteiger partial charge in [-0.2, -0.15) is 0 Å². The van der Waals surface area contributed by atoms with Crippen LogP contribution in [0, 0.1) is 5.82 Å². The molecular weight excluding hydrogens is 273 g/mol. The second-order valence-electron chi connectivity index (χ2n) is 4.47. The standard InChI is InChI=1S/C15H14FN3O2/c16-13-4-2-1-3-9(13)8-19-12-6-10(14(17)20)5-11(7-12)15(18)21/h1-7,19H,8H2,(H2,17,20)(H2,18,21). The number of hydrogen-bond acceptors (Lipinski definition) is 3. The van der Waals surface area contributed by atoms with Crippen LogP contribution in [0.2, 0.25) is 0 Å². The molecule has 2 aromatic carbocycles. The predicted molar refractivity (Wildman–Crippen MR) is 77.2 cm³/mol. The van der Waals surface area contributed by atoms with Crippen molar-refractivity contribution >= 4 is 17.5 Å². The Hall–Kier alpha value is -2.89. The molecule has 0 heterocycles. The van der Waals surface area contributed by atoms with Crippen LogP contribution in [0.25, 0.3) is 0 Å². The smallest absolute Gasteiger partial charge is 0.248 e. The molecule has 2 amide bonds. The first-order valence-corrected chi connectivity index (χ1v) is 6.19. The molecule has 0 fully saturated rings. The lowest BCUT2D eigenvalue weighted by Crippen LogP contribution is -2.16. The summed E-state index contributed by atoms with van der Waals surface area (Å²) in [6.45, 7) is 0.201. The molecule has 0 aromatic heterocycles. The molecule has 2 aromatic rings. The van der Waals surface area contributed by atoms with E-state index >= 15 is 0 Å². The Balaban J connectivity index is 2.25.